The van der Waals surface area contributed by atoms with E-state index in [1.165, 1.54) is 12.8 Å². The summed E-state index contributed by atoms with van der Waals surface area (Å²) >= 11 is 0. The molecule has 3 nitrogen and oxygen atoms in total. The van der Waals surface area contributed by atoms with Crippen molar-refractivity contribution in [3.63, 3.8) is 0 Å². The molecule has 0 amide bonds. The lowest BCUT2D eigenvalue weighted by Crippen LogP contribution is -2.38. The molecule has 1 heterocycles. The molecule has 1 saturated heterocycles. The van der Waals surface area contributed by atoms with Gasteiger partial charge in [-0.2, -0.15) is 0 Å². The van der Waals surface area contributed by atoms with Crippen molar-refractivity contribution in [3.05, 3.63) is 0 Å². The van der Waals surface area contributed by atoms with E-state index < -0.39 is 0 Å². The van der Waals surface area contributed by atoms with Gasteiger partial charge in [0.15, 0.2) is 0 Å². The van der Waals surface area contributed by atoms with Crippen LogP contribution < -0.4 is 0 Å². The van der Waals surface area contributed by atoms with E-state index in [1.54, 1.807) is 14.2 Å². The summed E-state index contributed by atoms with van der Waals surface area (Å²) in [4.78, 5) is 2.43. The van der Waals surface area contributed by atoms with Crippen LogP contribution >= 0.6 is 0 Å². The first-order valence-corrected chi connectivity index (χ1v) is 5.61. The Morgan fingerprint density at radius 1 is 1.14 bits per heavy atom. The molecule has 0 bridgehead atoms. The number of rotatable bonds is 4. The molecule has 86 valence electrons. The summed E-state index contributed by atoms with van der Waals surface area (Å²) < 4.78 is 10.3. The van der Waals surface area contributed by atoms with Gasteiger partial charge in [-0.25, -0.2) is 0 Å². The number of methoxy groups -OCH3 is 2. The van der Waals surface area contributed by atoms with E-state index in [0.29, 0.717) is 6.10 Å². The molecule has 1 rings (SSSR count). The van der Waals surface area contributed by atoms with Crippen LogP contribution in [0.2, 0.25) is 0 Å². The summed E-state index contributed by atoms with van der Waals surface area (Å²) in [6.07, 6.45) is 2.82. The van der Waals surface area contributed by atoms with Crippen LogP contribution in [0.25, 0.3) is 0 Å². The third kappa shape index (κ3) is 5.58. The van der Waals surface area contributed by atoms with Crippen molar-refractivity contribution in [2.45, 2.75) is 32.8 Å². The van der Waals surface area contributed by atoms with Crippen molar-refractivity contribution in [1.29, 1.82) is 0 Å². The average molecular weight is 203 g/mol. The number of hydrogen-bond donors (Lipinski definition) is 0. The van der Waals surface area contributed by atoms with Gasteiger partial charge in [0.2, 0.25) is 0 Å². The van der Waals surface area contributed by atoms with Gasteiger partial charge in [0.05, 0.1) is 12.7 Å². The number of hydrogen-bond acceptors (Lipinski definition) is 3. The predicted octanol–water partition coefficient (Wildman–Crippen LogP) is 1.77. The minimum Gasteiger partial charge on any atom is -0.383 e. The number of nitrogens with zero attached hydrogens (tertiary/aromatic N) is 1. The van der Waals surface area contributed by atoms with Gasteiger partial charge in [-0.1, -0.05) is 13.8 Å². The standard InChI is InChI=1S/C9H19NO2.C2H6/c1-11-8-7-10-5-3-9(12-2)4-6-10;1-2/h9H,3-8H2,1-2H3;1-2H3. The molecule has 0 aromatic heterocycles. The minimum absolute atomic E-state index is 0.490. The fraction of sp³-hybridized carbons (Fsp3) is 1.00. The fourth-order valence-corrected chi connectivity index (χ4v) is 1.59. The zero-order valence-electron chi connectivity index (χ0n) is 10.1. The molecule has 3 heteroatoms. The maximum absolute atomic E-state index is 5.29. The predicted molar refractivity (Wildman–Crippen MR) is 59.7 cm³/mol. The Morgan fingerprint density at radius 3 is 2.14 bits per heavy atom. The molecular formula is C11H25NO2. The van der Waals surface area contributed by atoms with E-state index in [1.807, 2.05) is 13.8 Å². The molecule has 0 unspecified atom stereocenters. The van der Waals surface area contributed by atoms with Crippen molar-refractivity contribution in [3.8, 4) is 0 Å². The third-order valence-electron chi connectivity index (χ3n) is 2.48. The van der Waals surface area contributed by atoms with Crippen molar-refractivity contribution < 1.29 is 9.47 Å². The summed E-state index contributed by atoms with van der Waals surface area (Å²) in [5.41, 5.74) is 0. The summed E-state index contributed by atoms with van der Waals surface area (Å²) in [6.45, 7) is 8.22. The molecule has 0 spiro atoms. The van der Waals surface area contributed by atoms with Gasteiger partial charge in [-0.15, -0.1) is 0 Å². The van der Waals surface area contributed by atoms with Gasteiger partial charge >= 0.3 is 0 Å². The summed E-state index contributed by atoms with van der Waals surface area (Å²) in [5.74, 6) is 0. The lowest BCUT2D eigenvalue weighted by Gasteiger charge is -2.30. The molecule has 0 radical (unpaired) electrons. The highest BCUT2D eigenvalue weighted by Crippen LogP contribution is 2.11. The first kappa shape index (κ1) is 13.9. The lowest BCUT2D eigenvalue weighted by atomic mass is 10.1. The van der Waals surface area contributed by atoms with E-state index in [4.69, 9.17) is 9.47 Å². The average Bonchev–Trinajstić information content (AvgIpc) is 2.30. The smallest absolute Gasteiger partial charge is 0.0595 e. The van der Waals surface area contributed by atoms with E-state index in [2.05, 4.69) is 4.90 Å². The van der Waals surface area contributed by atoms with Crippen LogP contribution in [0, 0.1) is 0 Å². The SMILES string of the molecule is CC.COCCN1CCC(OC)CC1. The Balaban J connectivity index is 0.000000791. The molecule has 0 aliphatic carbocycles. The van der Waals surface area contributed by atoms with E-state index in [0.717, 1.165) is 26.2 Å². The monoisotopic (exact) mass is 203 g/mol. The minimum atomic E-state index is 0.490. The molecule has 1 fully saturated rings. The van der Waals surface area contributed by atoms with E-state index in [-0.39, 0.29) is 0 Å². The van der Waals surface area contributed by atoms with Crippen LogP contribution in [0.3, 0.4) is 0 Å². The molecule has 0 N–H and O–H groups in total. The van der Waals surface area contributed by atoms with Crippen molar-refractivity contribution in [1.82, 2.24) is 4.90 Å². The zero-order chi connectivity index (χ0) is 10.8. The van der Waals surface area contributed by atoms with Gasteiger partial charge in [0, 0.05) is 33.9 Å². The van der Waals surface area contributed by atoms with Crippen LogP contribution in [0.15, 0.2) is 0 Å². The second-order valence-electron chi connectivity index (χ2n) is 3.27. The second-order valence-corrected chi connectivity index (χ2v) is 3.27. The van der Waals surface area contributed by atoms with Crippen LogP contribution in [0.5, 0.6) is 0 Å². The number of piperidine rings is 1. The molecule has 0 saturated carbocycles. The molecule has 0 aromatic carbocycles. The first-order chi connectivity index (χ1) is 6.86. The van der Waals surface area contributed by atoms with Crippen LogP contribution in [-0.4, -0.2) is 51.5 Å². The molecule has 1 aliphatic heterocycles. The van der Waals surface area contributed by atoms with Gasteiger partial charge in [0.25, 0.3) is 0 Å². The Hall–Kier alpha value is -0.120. The van der Waals surface area contributed by atoms with Gasteiger partial charge < -0.3 is 14.4 Å². The quantitative estimate of drug-likeness (QED) is 0.695. The largest absolute Gasteiger partial charge is 0.383 e. The maximum Gasteiger partial charge on any atom is 0.0595 e. The topological polar surface area (TPSA) is 21.7 Å². The Labute approximate surface area is 88.4 Å². The first-order valence-electron chi connectivity index (χ1n) is 5.61. The zero-order valence-corrected chi connectivity index (χ0v) is 10.1. The highest BCUT2D eigenvalue weighted by molar-refractivity contribution is 4.71. The van der Waals surface area contributed by atoms with Gasteiger partial charge in [-0.05, 0) is 12.8 Å². The Bertz CT molecular complexity index is 112. The summed E-state index contributed by atoms with van der Waals surface area (Å²) in [5, 5.41) is 0. The third-order valence-corrected chi connectivity index (χ3v) is 2.48. The summed E-state index contributed by atoms with van der Waals surface area (Å²) in [6, 6.07) is 0. The molecule has 0 atom stereocenters. The van der Waals surface area contributed by atoms with E-state index >= 15 is 0 Å². The van der Waals surface area contributed by atoms with Gasteiger partial charge in [-0.3, -0.25) is 0 Å². The second kappa shape index (κ2) is 9.44. The normalized spacial score (nSPS) is 18.9. The molecule has 14 heavy (non-hydrogen) atoms. The molecule has 0 aromatic rings. The Kier molecular flexibility index (Phi) is 9.35. The van der Waals surface area contributed by atoms with E-state index in [9.17, 15) is 0 Å². The molecular weight excluding hydrogens is 178 g/mol. The highest BCUT2D eigenvalue weighted by atomic mass is 16.5. The number of likely N-dealkylation sites (tertiary alicyclic amines) is 1. The van der Waals surface area contributed by atoms with Crippen LogP contribution in [-0.2, 0) is 9.47 Å². The van der Waals surface area contributed by atoms with Crippen LogP contribution in [0.1, 0.15) is 26.7 Å². The van der Waals surface area contributed by atoms with Crippen molar-refractivity contribution in [2.75, 3.05) is 40.5 Å². The van der Waals surface area contributed by atoms with Crippen LogP contribution in [0.4, 0.5) is 0 Å². The summed E-state index contributed by atoms with van der Waals surface area (Å²) in [7, 11) is 3.55. The lowest BCUT2D eigenvalue weighted by molar-refractivity contribution is 0.0333. The van der Waals surface area contributed by atoms with Crippen molar-refractivity contribution in [2.24, 2.45) is 0 Å². The number of ether oxygens (including phenoxy) is 2. The van der Waals surface area contributed by atoms with Gasteiger partial charge in [0.1, 0.15) is 0 Å². The maximum atomic E-state index is 5.29. The fourth-order valence-electron chi connectivity index (χ4n) is 1.59. The highest BCUT2D eigenvalue weighted by Gasteiger charge is 2.17. The van der Waals surface area contributed by atoms with Crippen molar-refractivity contribution >= 4 is 0 Å². The molecule has 1 aliphatic rings. The Morgan fingerprint density at radius 2 is 1.71 bits per heavy atom.